The molecule has 2 saturated carbocycles. The van der Waals surface area contributed by atoms with Gasteiger partial charge in [-0.2, -0.15) is 0 Å². The number of carbonyl (C=O) groups excluding carboxylic acids is 2. The minimum Gasteiger partial charge on any atom is -0.481 e. The fourth-order valence-corrected chi connectivity index (χ4v) is 5.03. The van der Waals surface area contributed by atoms with E-state index in [1.54, 1.807) is 0 Å². The van der Waals surface area contributed by atoms with E-state index in [0.717, 1.165) is 25.7 Å². The van der Waals surface area contributed by atoms with E-state index in [0.29, 0.717) is 25.3 Å². The lowest BCUT2D eigenvalue weighted by molar-refractivity contribution is -0.167. The molecule has 0 heterocycles. The second kappa shape index (κ2) is 11.1. The van der Waals surface area contributed by atoms with Crippen molar-refractivity contribution in [2.45, 2.75) is 58.8 Å². The molecule has 0 aliphatic heterocycles. The summed E-state index contributed by atoms with van der Waals surface area (Å²) in [5, 5.41) is 19.5. The van der Waals surface area contributed by atoms with Gasteiger partial charge in [0.15, 0.2) is 0 Å². The maximum atomic E-state index is 12.8. The first-order chi connectivity index (χ1) is 14.3. The molecule has 0 amide bonds. The van der Waals surface area contributed by atoms with Gasteiger partial charge in [-0.1, -0.05) is 20.3 Å². The van der Waals surface area contributed by atoms with Gasteiger partial charge >= 0.3 is 17.9 Å². The predicted octanol–water partition coefficient (Wildman–Crippen LogP) is 1.97. The van der Waals surface area contributed by atoms with E-state index in [-0.39, 0.29) is 44.0 Å². The number of hydrogen-bond acceptors (Lipinski definition) is 7. The van der Waals surface area contributed by atoms with E-state index in [2.05, 4.69) is 0 Å². The lowest BCUT2D eigenvalue weighted by Gasteiger charge is -2.33. The number of unbranched alkanes of at least 4 members (excludes halogenated alkanes) is 2. The Bertz CT molecular complexity index is 604. The summed E-state index contributed by atoms with van der Waals surface area (Å²) in [5.74, 6) is -2.79. The van der Waals surface area contributed by atoms with Crippen molar-refractivity contribution in [1.82, 2.24) is 0 Å². The largest absolute Gasteiger partial charge is 0.481 e. The molecule has 2 aliphatic carbocycles. The highest BCUT2D eigenvalue weighted by Gasteiger charge is 2.57. The number of aliphatic hydroxyl groups excluding tert-OH is 1. The molecule has 2 rings (SSSR count). The molecule has 8 nitrogen and oxygen atoms in total. The monoisotopic (exact) mass is 427 g/mol. The van der Waals surface area contributed by atoms with Gasteiger partial charge in [0.1, 0.15) is 13.2 Å². The predicted molar refractivity (Wildman–Crippen MR) is 109 cm³/mol. The van der Waals surface area contributed by atoms with Gasteiger partial charge in [0.2, 0.25) is 0 Å². The standard InChI is InChI=1S/C22H37NO7/c1-3-22(11-24,12-29-17(25)7-5-4-6-8-23)13-30-21(28)18-15-9-14(2)16(10-15)19(18)20(26)27/h14-16,18-19,24H,3-13,23H2,1-2H3,(H,26,27). The third kappa shape index (κ3) is 5.72. The smallest absolute Gasteiger partial charge is 0.310 e. The van der Waals surface area contributed by atoms with Crippen LogP contribution < -0.4 is 5.73 Å². The number of aliphatic hydroxyl groups is 1. The Morgan fingerprint density at radius 3 is 2.37 bits per heavy atom. The molecule has 0 aromatic heterocycles. The second-order valence-corrected chi connectivity index (χ2v) is 9.14. The van der Waals surface area contributed by atoms with Crippen LogP contribution in [0, 0.1) is 35.0 Å². The van der Waals surface area contributed by atoms with Crippen LogP contribution in [0.3, 0.4) is 0 Å². The van der Waals surface area contributed by atoms with Crippen LogP contribution in [0.15, 0.2) is 0 Å². The van der Waals surface area contributed by atoms with Crippen molar-refractivity contribution in [3.63, 3.8) is 0 Å². The summed E-state index contributed by atoms with van der Waals surface area (Å²) >= 11 is 0. The molecule has 8 heteroatoms. The van der Waals surface area contributed by atoms with E-state index in [9.17, 15) is 24.6 Å². The second-order valence-electron chi connectivity index (χ2n) is 9.14. The summed E-state index contributed by atoms with van der Waals surface area (Å²) in [6.07, 6.45) is 4.74. The van der Waals surface area contributed by atoms with Crippen LogP contribution in [0.2, 0.25) is 0 Å². The SMILES string of the molecule is CCC(CO)(COC(=O)CCCCCN)COC(=O)C1C2CC(C)C(C2)C1C(=O)O. The number of aliphatic carboxylic acids is 1. The fraction of sp³-hybridized carbons (Fsp3) is 0.864. The van der Waals surface area contributed by atoms with Gasteiger partial charge in [0, 0.05) is 6.42 Å². The van der Waals surface area contributed by atoms with Crippen LogP contribution in [0.1, 0.15) is 58.8 Å². The molecule has 0 saturated heterocycles. The van der Waals surface area contributed by atoms with E-state index < -0.39 is 29.2 Å². The Morgan fingerprint density at radius 2 is 1.77 bits per heavy atom. The molecule has 30 heavy (non-hydrogen) atoms. The van der Waals surface area contributed by atoms with Crippen molar-refractivity contribution < 1.29 is 34.1 Å². The summed E-state index contributed by atoms with van der Waals surface area (Å²) in [6.45, 7) is 4.02. The average molecular weight is 428 g/mol. The first-order valence-electron chi connectivity index (χ1n) is 11.1. The van der Waals surface area contributed by atoms with Gasteiger partial charge in [0.25, 0.3) is 0 Å². The maximum absolute atomic E-state index is 12.8. The molecule has 2 aliphatic rings. The summed E-state index contributed by atoms with van der Waals surface area (Å²) in [5.41, 5.74) is 4.55. The van der Waals surface area contributed by atoms with E-state index in [4.69, 9.17) is 15.2 Å². The van der Waals surface area contributed by atoms with E-state index in [1.165, 1.54) is 0 Å². The third-order valence-corrected chi connectivity index (χ3v) is 7.12. The number of carboxylic acids is 1. The first-order valence-corrected chi connectivity index (χ1v) is 11.1. The van der Waals surface area contributed by atoms with Gasteiger partial charge in [-0.3, -0.25) is 14.4 Å². The number of nitrogens with two attached hydrogens (primary N) is 1. The molecule has 6 atom stereocenters. The van der Waals surface area contributed by atoms with Crippen molar-refractivity contribution in [2.75, 3.05) is 26.4 Å². The van der Waals surface area contributed by atoms with Crippen LogP contribution in [0.5, 0.6) is 0 Å². The number of rotatable bonds is 13. The van der Waals surface area contributed by atoms with Gasteiger partial charge < -0.3 is 25.4 Å². The van der Waals surface area contributed by atoms with Crippen molar-refractivity contribution in [1.29, 1.82) is 0 Å². The molecule has 4 N–H and O–H groups in total. The van der Waals surface area contributed by atoms with Gasteiger partial charge in [0.05, 0.1) is 23.9 Å². The molecule has 0 aromatic carbocycles. The van der Waals surface area contributed by atoms with Crippen molar-refractivity contribution in [3.8, 4) is 0 Å². The molecular formula is C22H37NO7. The van der Waals surface area contributed by atoms with E-state index in [1.807, 2.05) is 13.8 Å². The molecular weight excluding hydrogens is 390 g/mol. The van der Waals surface area contributed by atoms with Gasteiger partial charge in [-0.05, 0) is 56.4 Å². The Balaban J connectivity index is 1.89. The summed E-state index contributed by atoms with van der Waals surface area (Å²) < 4.78 is 10.9. The topological polar surface area (TPSA) is 136 Å². The van der Waals surface area contributed by atoms with Crippen LogP contribution in [0.4, 0.5) is 0 Å². The van der Waals surface area contributed by atoms with E-state index >= 15 is 0 Å². The molecule has 6 unspecified atom stereocenters. The number of carbonyl (C=O) groups is 3. The normalized spacial score (nSPS) is 29.4. The van der Waals surface area contributed by atoms with Crippen LogP contribution in [-0.2, 0) is 23.9 Å². The molecule has 2 fully saturated rings. The minimum atomic E-state index is -0.941. The molecule has 0 spiro atoms. The quantitative estimate of drug-likeness (QED) is 0.300. The first kappa shape index (κ1) is 24.6. The average Bonchev–Trinajstić information content (AvgIpc) is 3.29. The number of hydrogen-bond donors (Lipinski definition) is 3. The van der Waals surface area contributed by atoms with Gasteiger partial charge in [-0.15, -0.1) is 0 Å². The van der Waals surface area contributed by atoms with Crippen LogP contribution in [0.25, 0.3) is 0 Å². The molecule has 2 bridgehead atoms. The van der Waals surface area contributed by atoms with Crippen LogP contribution in [-0.4, -0.2) is 54.5 Å². The highest BCUT2D eigenvalue weighted by atomic mass is 16.5. The lowest BCUT2D eigenvalue weighted by Crippen LogP contribution is -2.41. The molecule has 172 valence electrons. The van der Waals surface area contributed by atoms with Crippen molar-refractivity contribution in [2.24, 2.45) is 40.7 Å². The number of ether oxygens (including phenoxy) is 2. The molecule has 0 radical (unpaired) electrons. The lowest BCUT2D eigenvalue weighted by atomic mass is 9.74. The number of carboxylic acid groups (broad SMARTS) is 1. The van der Waals surface area contributed by atoms with Crippen LogP contribution >= 0.6 is 0 Å². The number of fused-ring (bicyclic) bond motifs is 2. The summed E-state index contributed by atoms with van der Waals surface area (Å²) in [7, 11) is 0. The third-order valence-electron chi connectivity index (χ3n) is 7.12. The zero-order valence-corrected chi connectivity index (χ0v) is 18.2. The van der Waals surface area contributed by atoms with Crippen molar-refractivity contribution in [3.05, 3.63) is 0 Å². The van der Waals surface area contributed by atoms with Gasteiger partial charge in [-0.25, -0.2) is 0 Å². The Hall–Kier alpha value is -1.67. The summed E-state index contributed by atoms with van der Waals surface area (Å²) in [6, 6.07) is 0. The Kier molecular flexibility index (Phi) is 9.09. The zero-order chi connectivity index (χ0) is 22.3. The molecule has 0 aromatic rings. The highest BCUT2D eigenvalue weighted by molar-refractivity contribution is 5.83. The Labute approximate surface area is 178 Å². The Morgan fingerprint density at radius 1 is 1.07 bits per heavy atom. The zero-order valence-electron chi connectivity index (χ0n) is 18.2. The maximum Gasteiger partial charge on any atom is 0.310 e. The fourth-order valence-electron chi connectivity index (χ4n) is 5.03. The summed E-state index contributed by atoms with van der Waals surface area (Å²) in [4.78, 5) is 36.5. The number of esters is 2. The highest BCUT2D eigenvalue weighted by Crippen LogP contribution is 2.55. The van der Waals surface area contributed by atoms with Crippen molar-refractivity contribution >= 4 is 17.9 Å². The minimum absolute atomic E-state index is 0.0130.